The number of carbonyl (C=O) groups excluding carboxylic acids is 1. The van der Waals surface area contributed by atoms with Crippen molar-refractivity contribution in [3.63, 3.8) is 0 Å². The van der Waals surface area contributed by atoms with Gasteiger partial charge in [-0.25, -0.2) is 4.39 Å². The van der Waals surface area contributed by atoms with Crippen molar-refractivity contribution in [2.24, 2.45) is 0 Å². The van der Waals surface area contributed by atoms with Gasteiger partial charge in [0, 0.05) is 24.7 Å². The van der Waals surface area contributed by atoms with Crippen LogP contribution in [0.1, 0.15) is 25.3 Å². The van der Waals surface area contributed by atoms with Crippen LogP contribution >= 0.6 is 0 Å². The van der Waals surface area contributed by atoms with Gasteiger partial charge in [0.2, 0.25) is 5.91 Å². The van der Waals surface area contributed by atoms with Crippen LogP contribution in [0, 0.1) is 5.82 Å². The van der Waals surface area contributed by atoms with Gasteiger partial charge in [-0.2, -0.15) is 0 Å². The average Bonchev–Trinajstić information content (AvgIpc) is 2.98. The molecule has 1 unspecified atom stereocenters. The fourth-order valence-corrected chi connectivity index (χ4v) is 2.62. The first-order valence-corrected chi connectivity index (χ1v) is 7.65. The van der Waals surface area contributed by atoms with E-state index in [0.717, 1.165) is 19.6 Å². The summed E-state index contributed by atoms with van der Waals surface area (Å²) in [6, 6.07) is 7.01. The molecule has 0 aromatic heterocycles. The van der Waals surface area contributed by atoms with Crippen molar-refractivity contribution in [1.29, 1.82) is 0 Å². The zero-order valence-corrected chi connectivity index (χ0v) is 12.6. The molecule has 0 saturated carbocycles. The lowest BCUT2D eigenvalue weighted by atomic mass is 10.2. The molecule has 0 radical (unpaired) electrons. The first-order valence-electron chi connectivity index (χ1n) is 7.65. The Morgan fingerprint density at radius 3 is 2.95 bits per heavy atom. The maximum absolute atomic E-state index is 13.5. The van der Waals surface area contributed by atoms with Crippen molar-refractivity contribution < 1.29 is 9.18 Å². The Labute approximate surface area is 125 Å². The summed E-state index contributed by atoms with van der Waals surface area (Å²) in [6.45, 7) is 5.46. The predicted molar refractivity (Wildman–Crippen MR) is 81.4 cm³/mol. The smallest absolute Gasteiger partial charge is 0.234 e. The van der Waals surface area contributed by atoms with Crippen LogP contribution in [0.25, 0.3) is 0 Å². The van der Waals surface area contributed by atoms with Crippen molar-refractivity contribution in [3.8, 4) is 0 Å². The lowest BCUT2D eigenvalue weighted by Gasteiger charge is -2.23. The Morgan fingerprint density at radius 1 is 1.48 bits per heavy atom. The van der Waals surface area contributed by atoms with Crippen molar-refractivity contribution in [2.45, 2.75) is 32.4 Å². The Bertz CT molecular complexity index is 461. The number of nitrogens with zero attached hydrogens (tertiary/aromatic N) is 1. The highest BCUT2D eigenvalue weighted by Crippen LogP contribution is 2.07. The molecule has 1 fully saturated rings. The Morgan fingerprint density at radius 2 is 2.29 bits per heavy atom. The fraction of sp³-hybridized carbons (Fsp3) is 0.562. The van der Waals surface area contributed by atoms with E-state index in [1.54, 1.807) is 18.2 Å². The number of rotatable bonds is 7. The van der Waals surface area contributed by atoms with Crippen LogP contribution in [0.5, 0.6) is 0 Å². The molecule has 1 aliphatic heterocycles. The normalized spacial score (nSPS) is 18.1. The summed E-state index contributed by atoms with van der Waals surface area (Å²) in [5, 5.41) is 6.23. The summed E-state index contributed by atoms with van der Waals surface area (Å²) in [4.78, 5) is 14.1. The molecule has 5 heteroatoms. The van der Waals surface area contributed by atoms with Crippen LogP contribution in [0.2, 0.25) is 0 Å². The highest BCUT2D eigenvalue weighted by Gasteiger charge is 2.18. The summed E-state index contributed by atoms with van der Waals surface area (Å²) in [6.07, 6.45) is 2.38. The standard InChI is InChI=1S/C16H24FN3O/c1-2-20(11-14-7-5-9-18-14)12-16(21)19-10-13-6-3-4-8-15(13)17/h3-4,6,8,14,18H,2,5,7,9-12H2,1H3,(H,19,21). The number of likely N-dealkylation sites (N-methyl/N-ethyl adjacent to an activating group) is 1. The van der Waals surface area contributed by atoms with Crippen molar-refractivity contribution in [1.82, 2.24) is 15.5 Å². The minimum Gasteiger partial charge on any atom is -0.351 e. The largest absolute Gasteiger partial charge is 0.351 e. The predicted octanol–water partition coefficient (Wildman–Crippen LogP) is 1.52. The zero-order chi connectivity index (χ0) is 15.1. The lowest BCUT2D eigenvalue weighted by molar-refractivity contribution is -0.122. The first-order chi connectivity index (χ1) is 10.2. The number of carbonyl (C=O) groups is 1. The quantitative estimate of drug-likeness (QED) is 0.801. The summed E-state index contributed by atoms with van der Waals surface area (Å²) >= 11 is 0. The summed E-state index contributed by atoms with van der Waals surface area (Å²) < 4.78 is 13.5. The third-order valence-corrected chi connectivity index (χ3v) is 3.89. The second kappa shape index (κ2) is 8.10. The Kier molecular flexibility index (Phi) is 6.14. The van der Waals surface area contributed by atoms with Gasteiger partial charge in [-0.05, 0) is 32.0 Å². The van der Waals surface area contributed by atoms with Gasteiger partial charge in [0.25, 0.3) is 0 Å². The van der Waals surface area contributed by atoms with Gasteiger partial charge in [0.05, 0.1) is 6.54 Å². The highest BCUT2D eigenvalue weighted by atomic mass is 19.1. The van der Waals surface area contributed by atoms with E-state index in [0.29, 0.717) is 18.2 Å². The van der Waals surface area contributed by atoms with Crippen LogP contribution < -0.4 is 10.6 Å². The maximum Gasteiger partial charge on any atom is 0.234 e. The van der Waals surface area contributed by atoms with Gasteiger partial charge < -0.3 is 10.6 Å². The molecule has 116 valence electrons. The molecule has 21 heavy (non-hydrogen) atoms. The molecule has 1 heterocycles. The highest BCUT2D eigenvalue weighted by molar-refractivity contribution is 5.78. The molecule has 0 aliphatic carbocycles. The van der Waals surface area contributed by atoms with Gasteiger partial charge in [0.15, 0.2) is 0 Å². The molecule has 1 saturated heterocycles. The molecule has 1 aromatic rings. The van der Waals surface area contributed by atoms with E-state index >= 15 is 0 Å². The van der Waals surface area contributed by atoms with E-state index in [1.165, 1.54) is 18.9 Å². The minimum atomic E-state index is -0.277. The van der Waals surface area contributed by atoms with Gasteiger partial charge in [-0.3, -0.25) is 9.69 Å². The van der Waals surface area contributed by atoms with Gasteiger partial charge in [-0.1, -0.05) is 25.1 Å². The third-order valence-electron chi connectivity index (χ3n) is 3.89. The molecule has 0 bridgehead atoms. The van der Waals surface area contributed by atoms with Gasteiger partial charge in [-0.15, -0.1) is 0 Å². The first kappa shape index (κ1) is 15.9. The summed E-state index contributed by atoms with van der Waals surface area (Å²) in [5.74, 6) is -0.335. The molecule has 1 aromatic carbocycles. The van der Waals surface area contributed by atoms with Crippen LogP contribution in [0.3, 0.4) is 0 Å². The SMILES string of the molecule is CCN(CC(=O)NCc1ccccc1F)CC1CCCN1. The zero-order valence-electron chi connectivity index (χ0n) is 12.6. The molecular formula is C16H24FN3O. The van der Waals surface area contributed by atoms with E-state index in [4.69, 9.17) is 0 Å². The number of hydrogen-bond acceptors (Lipinski definition) is 3. The number of benzene rings is 1. The molecule has 4 nitrogen and oxygen atoms in total. The lowest BCUT2D eigenvalue weighted by Crippen LogP contribution is -2.43. The summed E-state index contributed by atoms with van der Waals surface area (Å²) in [7, 11) is 0. The second-order valence-electron chi connectivity index (χ2n) is 5.49. The fourth-order valence-electron chi connectivity index (χ4n) is 2.62. The molecule has 1 atom stereocenters. The Hall–Kier alpha value is -1.46. The Balaban J connectivity index is 1.75. The van der Waals surface area contributed by atoms with Crippen LogP contribution in [-0.4, -0.2) is 43.0 Å². The number of halogens is 1. The van der Waals surface area contributed by atoms with E-state index in [-0.39, 0.29) is 18.3 Å². The van der Waals surface area contributed by atoms with E-state index < -0.39 is 0 Å². The van der Waals surface area contributed by atoms with Gasteiger partial charge in [0.1, 0.15) is 5.82 Å². The molecule has 2 rings (SSSR count). The number of nitrogens with one attached hydrogen (secondary N) is 2. The van der Waals surface area contributed by atoms with Crippen LogP contribution in [-0.2, 0) is 11.3 Å². The van der Waals surface area contributed by atoms with E-state index in [1.807, 2.05) is 0 Å². The number of hydrogen-bond donors (Lipinski definition) is 2. The van der Waals surface area contributed by atoms with Crippen LogP contribution in [0.4, 0.5) is 4.39 Å². The molecular weight excluding hydrogens is 269 g/mol. The minimum absolute atomic E-state index is 0.0573. The average molecular weight is 293 g/mol. The summed E-state index contributed by atoms with van der Waals surface area (Å²) in [5.41, 5.74) is 0.520. The topological polar surface area (TPSA) is 44.4 Å². The maximum atomic E-state index is 13.5. The van der Waals surface area contributed by atoms with E-state index in [9.17, 15) is 9.18 Å². The number of amides is 1. The van der Waals surface area contributed by atoms with Crippen molar-refractivity contribution >= 4 is 5.91 Å². The molecule has 2 N–H and O–H groups in total. The molecule has 0 spiro atoms. The molecule has 1 aliphatic rings. The monoisotopic (exact) mass is 293 g/mol. The van der Waals surface area contributed by atoms with Crippen molar-refractivity contribution in [3.05, 3.63) is 35.6 Å². The van der Waals surface area contributed by atoms with E-state index in [2.05, 4.69) is 22.5 Å². The molecule has 1 amide bonds. The third kappa shape index (κ3) is 5.10. The second-order valence-corrected chi connectivity index (χ2v) is 5.49. The van der Waals surface area contributed by atoms with Gasteiger partial charge >= 0.3 is 0 Å². The van der Waals surface area contributed by atoms with Crippen LogP contribution in [0.15, 0.2) is 24.3 Å². The van der Waals surface area contributed by atoms with Crippen molar-refractivity contribution in [2.75, 3.05) is 26.2 Å².